The van der Waals surface area contributed by atoms with Gasteiger partial charge in [0.1, 0.15) is 11.5 Å². The Labute approximate surface area is 107 Å². The Morgan fingerprint density at radius 2 is 2.22 bits per heavy atom. The normalized spacial score (nSPS) is 10.8. The van der Waals surface area contributed by atoms with E-state index in [1.165, 1.54) is 0 Å². The molecule has 0 bridgehead atoms. The molecule has 0 atom stereocenters. The standard InChI is InChI=1S/C11H11ClF3NO2/c1-2-18-9(17)4-7-8(13)3-6(5-12)16-10(7)11(14)15/h3,11H,2,4-5H2,1H3. The Bertz CT molecular complexity index is 441. The van der Waals surface area contributed by atoms with Crippen LogP contribution < -0.4 is 0 Å². The van der Waals surface area contributed by atoms with Crippen LogP contribution in [-0.4, -0.2) is 17.6 Å². The zero-order chi connectivity index (χ0) is 13.7. The highest BCUT2D eigenvalue weighted by molar-refractivity contribution is 6.16. The largest absolute Gasteiger partial charge is 0.466 e. The third kappa shape index (κ3) is 3.60. The van der Waals surface area contributed by atoms with Gasteiger partial charge in [0.05, 0.1) is 24.6 Å². The molecular weight excluding hydrogens is 271 g/mol. The smallest absolute Gasteiger partial charge is 0.310 e. The van der Waals surface area contributed by atoms with Gasteiger partial charge in [0.25, 0.3) is 6.43 Å². The first-order valence-corrected chi connectivity index (χ1v) is 5.71. The predicted octanol–water partition coefficient (Wildman–Crippen LogP) is 3.00. The first-order chi connectivity index (χ1) is 8.49. The first kappa shape index (κ1) is 14.8. The predicted molar refractivity (Wildman–Crippen MR) is 59.0 cm³/mol. The summed E-state index contributed by atoms with van der Waals surface area (Å²) in [6.07, 6.45) is -3.55. The highest BCUT2D eigenvalue weighted by Crippen LogP contribution is 2.25. The lowest BCUT2D eigenvalue weighted by Gasteiger charge is -2.10. The summed E-state index contributed by atoms with van der Waals surface area (Å²) in [4.78, 5) is 14.7. The maximum atomic E-state index is 13.6. The van der Waals surface area contributed by atoms with Gasteiger partial charge in [-0.1, -0.05) is 0 Å². The van der Waals surface area contributed by atoms with E-state index >= 15 is 0 Å². The number of hydrogen-bond acceptors (Lipinski definition) is 3. The molecule has 0 aliphatic carbocycles. The molecule has 0 spiro atoms. The molecule has 0 aliphatic heterocycles. The van der Waals surface area contributed by atoms with Crippen LogP contribution in [0, 0.1) is 5.82 Å². The minimum absolute atomic E-state index is 0.00271. The summed E-state index contributed by atoms with van der Waals surface area (Å²) in [5.41, 5.74) is -1.21. The number of nitrogens with zero attached hydrogens (tertiary/aromatic N) is 1. The van der Waals surface area contributed by atoms with Gasteiger partial charge in [0, 0.05) is 5.56 Å². The highest BCUT2D eigenvalue weighted by atomic mass is 35.5. The lowest BCUT2D eigenvalue weighted by atomic mass is 10.1. The Kier molecular flexibility index (Phi) is 5.40. The maximum absolute atomic E-state index is 13.6. The number of rotatable bonds is 5. The number of carbonyl (C=O) groups excluding carboxylic acids is 1. The van der Waals surface area contributed by atoms with E-state index in [9.17, 15) is 18.0 Å². The fraction of sp³-hybridized carbons (Fsp3) is 0.455. The minimum Gasteiger partial charge on any atom is -0.466 e. The lowest BCUT2D eigenvalue weighted by Crippen LogP contribution is -2.13. The molecule has 1 rings (SSSR count). The second kappa shape index (κ2) is 6.58. The third-order valence-corrected chi connectivity index (χ3v) is 2.40. The van der Waals surface area contributed by atoms with Crippen molar-refractivity contribution in [3.63, 3.8) is 0 Å². The number of carbonyl (C=O) groups is 1. The fourth-order valence-corrected chi connectivity index (χ4v) is 1.53. The van der Waals surface area contributed by atoms with Gasteiger partial charge in [-0.3, -0.25) is 9.78 Å². The van der Waals surface area contributed by atoms with Gasteiger partial charge in [-0.2, -0.15) is 0 Å². The van der Waals surface area contributed by atoms with Crippen LogP contribution >= 0.6 is 11.6 Å². The average Bonchev–Trinajstić information content (AvgIpc) is 2.31. The lowest BCUT2D eigenvalue weighted by molar-refractivity contribution is -0.142. The molecule has 7 heteroatoms. The minimum atomic E-state index is -2.98. The van der Waals surface area contributed by atoms with Crippen molar-refractivity contribution in [1.82, 2.24) is 4.98 Å². The summed E-state index contributed by atoms with van der Waals surface area (Å²) in [7, 11) is 0. The zero-order valence-corrected chi connectivity index (χ0v) is 10.3. The molecule has 1 heterocycles. The molecule has 0 unspecified atom stereocenters. The van der Waals surface area contributed by atoms with Crippen LogP contribution in [-0.2, 0) is 21.8 Å². The van der Waals surface area contributed by atoms with Crippen molar-refractivity contribution in [2.45, 2.75) is 25.7 Å². The van der Waals surface area contributed by atoms with E-state index in [1.807, 2.05) is 0 Å². The number of halogens is 4. The van der Waals surface area contributed by atoms with Crippen LogP contribution in [0.1, 0.15) is 30.3 Å². The third-order valence-electron chi connectivity index (χ3n) is 2.12. The van der Waals surface area contributed by atoms with Gasteiger partial charge in [0.15, 0.2) is 0 Å². The van der Waals surface area contributed by atoms with Gasteiger partial charge in [-0.25, -0.2) is 13.2 Å². The number of hydrogen-bond donors (Lipinski definition) is 0. The van der Waals surface area contributed by atoms with E-state index in [2.05, 4.69) is 9.72 Å². The summed E-state index contributed by atoms with van der Waals surface area (Å²) in [6, 6.07) is 0.938. The number of esters is 1. The molecule has 3 nitrogen and oxygen atoms in total. The fourth-order valence-electron chi connectivity index (χ4n) is 1.39. The average molecular weight is 282 g/mol. The van der Waals surface area contributed by atoms with Gasteiger partial charge >= 0.3 is 5.97 Å². The molecule has 0 amide bonds. The first-order valence-electron chi connectivity index (χ1n) is 5.17. The summed E-state index contributed by atoms with van der Waals surface area (Å²) < 4.78 is 43.7. The number of alkyl halides is 3. The Balaban J connectivity index is 3.12. The van der Waals surface area contributed by atoms with E-state index in [0.717, 1.165) is 6.07 Å². The van der Waals surface area contributed by atoms with Crippen molar-refractivity contribution in [2.75, 3.05) is 6.61 Å². The molecule has 100 valence electrons. The van der Waals surface area contributed by atoms with E-state index in [0.29, 0.717) is 0 Å². The summed E-state index contributed by atoms with van der Waals surface area (Å²) in [6.45, 7) is 1.66. The van der Waals surface area contributed by atoms with Crippen molar-refractivity contribution >= 4 is 17.6 Å². The number of ether oxygens (including phenoxy) is 1. The van der Waals surface area contributed by atoms with E-state index in [-0.39, 0.29) is 18.2 Å². The second-order valence-electron chi connectivity index (χ2n) is 3.38. The molecule has 0 saturated heterocycles. The van der Waals surface area contributed by atoms with Crippen molar-refractivity contribution < 1.29 is 22.7 Å². The summed E-state index contributed by atoms with van der Waals surface area (Å²) in [5, 5.41) is 0. The van der Waals surface area contributed by atoms with E-state index in [4.69, 9.17) is 11.6 Å². The molecule has 0 aromatic carbocycles. The van der Waals surface area contributed by atoms with Crippen LogP contribution in [0.15, 0.2) is 6.07 Å². The Morgan fingerprint density at radius 1 is 1.56 bits per heavy atom. The van der Waals surface area contributed by atoms with Crippen molar-refractivity contribution in [2.24, 2.45) is 0 Å². The summed E-state index contributed by atoms with van der Waals surface area (Å²) >= 11 is 5.42. The van der Waals surface area contributed by atoms with Crippen LogP contribution in [0.4, 0.5) is 13.2 Å². The van der Waals surface area contributed by atoms with Crippen molar-refractivity contribution in [1.29, 1.82) is 0 Å². The monoisotopic (exact) mass is 281 g/mol. The van der Waals surface area contributed by atoms with Crippen LogP contribution in [0.2, 0.25) is 0 Å². The van der Waals surface area contributed by atoms with Gasteiger partial charge in [0.2, 0.25) is 0 Å². The molecule has 1 aromatic rings. The SMILES string of the molecule is CCOC(=O)Cc1c(F)cc(CCl)nc1C(F)F. The number of aromatic nitrogens is 1. The molecule has 0 N–H and O–H groups in total. The van der Waals surface area contributed by atoms with Gasteiger partial charge in [-0.05, 0) is 13.0 Å². The second-order valence-corrected chi connectivity index (χ2v) is 3.64. The van der Waals surface area contributed by atoms with Crippen LogP contribution in [0.25, 0.3) is 0 Å². The van der Waals surface area contributed by atoms with Crippen LogP contribution in [0.3, 0.4) is 0 Å². The Morgan fingerprint density at radius 3 is 2.72 bits per heavy atom. The molecule has 0 aliphatic rings. The summed E-state index contributed by atoms with van der Waals surface area (Å²) in [5.74, 6) is -1.89. The molecule has 1 aromatic heterocycles. The molecular formula is C11H11ClF3NO2. The van der Waals surface area contributed by atoms with Crippen molar-refractivity contribution in [3.8, 4) is 0 Å². The quantitative estimate of drug-likeness (QED) is 0.615. The highest BCUT2D eigenvalue weighted by Gasteiger charge is 2.22. The molecule has 0 saturated carbocycles. The van der Waals surface area contributed by atoms with Crippen molar-refractivity contribution in [3.05, 3.63) is 28.8 Å². The van der Waals surface area contributed by atoms with E-state index < -0.39 is 35.9 Å². The van der Waals surface area contributed by atoms with E-state index in [1.54, 1.807) is 6.92 Å². The van der Waals surface area contributed by atoms with Crippen LogP contribution in [0.5, 0.6) is 0 Å². The molecule has 18 heavy (non-hydrogen) atoms. The molecule has 0 fully saturated rings. The number of pyridine rings is 1. The maximum Gasteiger partial charge on any atom is 0.310 e. The van der Waals surface area contributed by atoms with Gasteiger partial charge in [-0.15, -0.1) is 11.6 Å². The zero-order valence-electron chi connectivity index (χ0n) is 9.55. The Hall–Kier alpha value is -1.30. The molecule has 0 radical (unpaired) electrons. The van der Waals surface area contributed by atoms with Gasteiger partial charge < -0.3 is 4.74 Å². The topological polar surface area (TPSA) is 39.2 Å².